The summed E-state index contributed by atoms with van der Waals surface area (Å²) in [4.78, 5) is 28.0. The topological polar surface area (TPSA) is 97.3 Å². The molecule has 258 valence electrons. The SMILES string of the molecule is CCCc1cc(C(O)(C(F)(F)F)C(F)(F)F)ccc1Oc1cccc(CCN2C(=O)CNC(CC)(c3ccc4c(c3)OCCO4)C2=O)c1. The van der Waals surface area contributed by atoms with Crippen LogP contribution in [0.2, 0.25) is 0 Å². The Bertz CT molecular complexity index is 1660. The number of rotatable bonds is 10. The van der Waals surface area contributed by atoms with E-state index in [1.807, 2.05) is 6.92 Å². The summed E-state index contributed by atoms with van der Waals surface area (Å²) in [5.74, 6) is 0.495. The zero-order chi connectivity index (χ0) is 34.9. The maximum Gasteiger partial charge on any atom is 0.430 e. The normalized spacial score (nSPS) is 18.6. The number of aryl methyl sites for hydroxylation is 1. The standard InChI is InChI=1S/C34H34F6N2O6/c1-3-6-22-18-24(32(45,33(35,36)37)34(38,39)40)10-11-26(22)48-25-8-5-7-21(17-25)13-14-42-29(43)20-41-31(4-2,30(42)44)23-9-12-27-28(19-23)47-16-15-46-27/h5,7-12,17-19,41,45H,3-4,6,13-16,20H2,1-2H3. The van der Waals surface area contributed by atoms with Crippen LogP contribution in [0.1, 0.15) is 48.9 Å². The molecule has 1 saturated heterocycles. The molecule has 3 aromatic rings. The van der Waals surface area contributed by atoms with Gasteiger partial charge in [0.15, 0.2) is 11.5 Å². The van der Waals surface area contributed by atoms with Crippen LogP contribution in [0.5, 0.6) is 23.0 Å². The van der Waals surface area contributed by atoms with Crippen LogP contribution in [0, 0.1) is 0 Å². The summed E-state index contributed by atoms with van der Waals surface area (Å²) >= 11 is 0. The number of ether oxygens (including phenoxy) is 3. The predicted molar refractivity (Wildman–Crippen MR) is 161 cm³/mol. The molecule has 1 fully saturated rings. The van der Waals surface area contributed by atoms with E-state index in [1.54, 1.807) is 49.4 Å². The molecule has 14 heteroatoms. The van der Waals surface area contributed by atoms with Gasteiger partial charge in [0.25, 0.3) is 11.5 Å². The van der Waals surface area contributed by atoms with Gasteiger partial charge in [-0.2, -0.15) is 26.3 Å². The van der Waals surface area contributed by atoms with Crippen LogP contribution >= 0.6 is 0 Å². The number of benzene rings is 3. The summed E-state index contributed by atoms with van der Waals surface area (Å²) in [6.45, 7) is 4.27. The van der Waals surface area contributed by atoms with Gasteiger partial charge in [-0.25, -0.2) is 0 Å². The van der Waals surface area contributed by atoms with Crippen LogP contribution in [-0.2, 0) is 33.6 Å². The second-order valence-corrected chi connectivity index (χ2v) is 11.6. The predicted octanol–water partition coefficient (Wildman–Crippen LogP) is 6.32. The summed E-state index contributed by atoms with van der Waals surface area (Å²) in [7, 11) is 0. The fourth-order valence-corrected chi connectivity index (χ4v) is 5.97. The number of carbonyl (C=O) groups is 2. The number of aliphatic hydroxyl groups is 1. The first-order valence-electron chi connectivity index (χ1n) is 15.4. The number of carbonyl (C=O) groups excluding carboxylic acids is 2. The first kappa shape index (κ1) is 35.0. The minimum atomic E-state index is -6.01. The number of hydrogen-bond acceptors (Lipinski definition) is 7. The fraction of sp³-hybridized carbons (Fsp3) is 0.412. The Morgan fingerprint density at radius 2 is 1.60 bits per heavy atom. The highest BCUT2D eigenvalue weighted by Crippen LogP contribution is 2.51. The van der Waals surface area contributed by atoms with Crippen LogP contribution in [0.3, 0.4) is 0 Å². The van der Waals surface area contributed by atoms with E-state index in [0.29, 0.717) is 60.8 Å². The first-order chi connectivity index (χ1) is 22.6. The Morgan fingerprint density at radius 3 is 2.27 bits per heavy atom. The minimum Gasteiger partial charge on any atom is -0.486 e. The van der Waals surface area contributed by atoms with Gasteiger partial charge in [-0.15, -0.1) is 0 Å². The third-order valence-corrected chi connectivity index (χ3v) is 8.59. The molecule has 0 bridgehead atoms. The second-order valence-electron chi connectivity index (χ2n) is 11.6. The zero-order valence-electron chi connectivity index (χ0n) is 26.1. The Hall–Kier alpha value is -4.30. The Kier molecular flexibility index (Phi) is 9.71. The molecular formula is C34H34F6N2O6. The van der Waals surface area contributed by atoms with Crippen LogP contribution in [0.4, 0.5) is 26.3 Å². The third kappa shape index (κ3) is 6.42. The summed E-state index contributed by atoms with van der Waals surface area (Å²) in [6, 6.07) is 13.9. The lowest BCUT2D eigenvalue weighted by molar-refractivity contribution is -0.376. The average Bonchev–Trinajstić information content (AvgIpc) is 3.04. The summed E-state index contributed by atoms with van der Waals surface area (Å²) in [6.07, 6.45) is -11.0. The van der Waals surface area contributed by atoms with Gasteiger partial charge < -0.3 is 19.3 Å². The molecule has 0 spiro atoms. The Labute approximate surface area is 272 Å². The Balaban J connectivity index is 1.35. The lowest BCUT2D eigenvalue weighted by atomic mass is 9.83. The van der Waals surface area contributed by atoms with E-state index in [4.69, 9.17) is 14.2 Å². The number of nitrogens with zero attached hydrogens (tertiary/aromatic N) is 1. The van der Waals surface area contributed by atoms with Crippen LogP contribution in [-0.4, -0.2) is 60.5 Å². The van der Waals surface area contributed by atoms with E-state index in [2.05, 4.69) is 5.32 Å². The molecule has 48 heavy (non-hydrogen) atoms. The van der Waals surface area contributed by atoms with Gasteiger partial charge in [-0.05, 0) is 72.4 Å². The van der Waals surface area contributed by atoms with Crippen molar-refractivity contribution in [3.05, 3.63) is 82.9 Å². The zero-order valence-corrected chi connectivity index (χ0v) is 26.1. The van der Waals surface area contributed by atoms with Gasteiger partial charge in [0.05, 0.1) is 6.54 Å². The lowest BCUT2D eigenvalue weighted by Gasteiger charge is -2.41. The van der Waals surface area contributed by atoms with Crippen molar-refractivity contribution in [3.8, 4) is 23.0 Å². The molecule has 0 saturated carbocycles. The largest absolute Gasteiger partial charge is 0.486 e. The molecule has 1 unspecified atom stereocenters. The lowest BCUT2D eigenvalue weighted by Crippen LogP contribution is -2.64. The molecule has 2 aliphatic heterocycles. The highest BCUT2D eigenvalue weighted by atomic mass is 19.4. The molecule has 8 nitrogen and oxygen atoms in total. The van der Waals surface area contributed by atoms with Crippen molar-refractivity contribution in [2.75, 3.05) is 26.3 Å². The van der Waals surface area contributed by atoms with Gasteiger partial charge in [0.1, 0.15) is 30.3 Å². The van der Waals surface area contributed by atoms with E-state index in [1.165, 1.54) is 4.90 Å². The molecule has 5 rings (SSSR count). The van der Waals surface area contributed by atoms with Crippen molar-refractivity contribution in [1.29, 1.82) is 0 Å². The molecule has 2 amide bonds. The monoisotopic (exact) mass is 680 g/mol. The molecule has 2 N–H and O–H groups in total. The van der Waals surface area contributed by atoms with Gasteiger partial charge in [-0.1, -0.05) is 44.5 Å². The second kappa shape index (κ2) is 13.3. The minimum absolute atomic E-state index is 0.0177. The van der Waals surface area contributed by atoms with Gasteiger partial charge in [-0.3, -0.25) is 19.8 Å². The molecule has 3 aromatic carbocycles. The smallest absolute Gasteiger partial charge is 0.430 e. The third-order valence-electron chi connectivity index (χ3n) is 8.59. The van der Waals surface area contributed by atoms with E-state index < -0.39 is 40.9 Å². The number of piperazine rings is 1. The number of imide groups is 1. The van der Waals surface area contributed by atoms with E-state index in [-0.39, 0.29) is 43.0 Å². The number of fused-ring (bicyclic) bond motifs is 1. The van der Waals surface area contributed by atoms with E-state index in [0.717, 1.165) is 6.07 Å². The van der Waals surface area contributed by atoms with Crippen LogP contribution < -0.4 is 19.5 Å². The van der Waals surface area contributed by atoms with E-state index >= 15 is 0 Å². The van der Waals surface area contributed by atoms with Gasteiger partial charge >= 0.3 is 12.4 Å². The van der Waals surface area contributed by atoms with Crippen LogP contribution in [0.25, 0.3) is 0 Å². The average molecular weight is 681 g/mol. The number of halogens is 6. The van der Waals surface area contributed by atoms with Crippen LogP contribution in [0.15, 0.2) is 60.7 Å². The molecular weight excluding hydrogens is 646 g/mol. The number of amides is 2. The van der Waals surface area contributed by atoms with Gasteiger partial charge in [0.2, 0.25) is 5.91 Å². The fourth-order valence-electron chi connectivity index (χ4n) is 5.97. The quantitative estimate of drug-likeness (QED) is 0.191. The number of hydrogen-bond donors (Lipinski definition) is 2. The van der Waals surface area contributed by atoms with Crippen molar-refractivity contribution < 1.29 is 55.2 Å². The highest BCUT2D eigenvalue weighted by molar-refractivity contribution is 6.04. The summed E-state index contributed by atoms with van der Waals surface area (Å²) in [5.41, 5.74) is -6.27. The van der Waals surface area contributed by atoms with Crippen molar-refractivity contribution in [2.24, 2.45) is 0 Å². The molecule has 0 aliphatic carbocycles. The molecule has 0 aromatic heterocycles. The van der Waals surface area contributed by atoms with Crippen molar-refractivity contribution in [1.82, 2.24) is 10.2 Å². The molecule has 2 aliphatic rings. The molecule has 2 heterocycles. The van der Waals surface area contributed by atoms with Gasteiger partial charge in [0, 0.05) is 12.1 Å². The van der Waals surface area contributed by atoms with Crippen molar-refractivity contribution in [2.45, 2.75) is 63.0 Å². The number of nitrogens with one attached hydrogen (secondary N) is 1. The van der Waals surface area contributed by atoms with Crippen molar-refractivity contribution >= 4 is 11.8 Å². The molecule has 0 radical (unpaired) electrons. The summed E-state index contributed by atoms with van der Waals surface area (Å²) in [5, 5.41) is 13.0. The Morgan fingerprint density at radius 1 is 0.896 bits per heavy atom. The maximum atomic E-state index is 13.9. The number of alkyl halides is 6. The maximum absolute atomic E-state index is 13.9. The highest BCUT2D eigenvalue weighted by Gasteiger charge is 2.71. The molecule has 1 atom stereocenters. The summed E-state index contributed by atoms with van der Waals surface area (Å²) < 4.78 is 98.2. The first-order valence-corrected chi connectivity index (χ1v) is 15.4. The van der Waals surface area contributed by atoms with Crippen molar-refractivity contribution in [3.63, 3.8) is 0 Å². The van der Waals surface area contributed by atoms with E-state index in [9.17, 15) is 41.0 Å².